The van der Waals surface area contributed by atoms with Gasteiger partial charge in [0.2, 0.25) is 0 Å². The highest BCUT2D eigenvalue weighted by Crippen LogP contribution is 2.42. The highest BCUT2D eigenvalue weighted by atomic mass is 35.5. The van der Waals surface area contributed by atoms with Crippen LogP contribution in [0.1, 0.15) is 5.56 Å². The van der Waals surface area contributed by atoms with Gasteiger partial charge in [0, 0.05) is 18.7 Å². The molecule has 0 aliphatic carbocycles. The Bertz CT molecular complexity index is 617. The summed E-state index contributed by atoms with van der Waals surface area (Å²) in [5.41, 5.74) is 4.73. The fourth-order valence-electron chi connectivity index (χ4n) is 1.59. The number of anilines is 1. The third-order valence-electron chi connectivity index (χ3n) is 2.58. The van der Waals surface area contributed by atoms with Crippen molar-refractivity contribution in [2.45, 2.75) is 6.18 Å². The molecule has 102 valence electrons. The summed E-state index contributed by atoms with van der Waals surface area (Å²) in [6, 6.07) is 3.40. The number of nitrogens with two attached hydrogens (primary N) is 1. The second-order valence-corrected chi connectivity index (χ2v) is 4.34. The SMILES string of the molecule is Cn1nc(-c2cc(Cl)c(O)c(C(F)(F)F)c2)cc1N. The van der Waals surface area contributed by atoms with Gasteiger partial charge in [-0.3, -0.25) is 4.68 Å². The zero-order valence-corrected chi connectivity index (χ0v) is 10.4. The number of nitrogen functional groups attached to an aromatic ring is 1. The molecule has 0 fully saturated rings. The van der Waals surface area contributed by atoms with Gasteiger partial charge >= 0.3 is 6.18 Å². The number of aromatic nitrogens is 2. The standard InChI is InChI=1S/C11H9ClF3N3O/c1-18-9(16)4-8(17-18)5-2-6(11(13,14)15)10(19)7(12)3-5/h2-4,19H,16H2,1H3. The van der Waals surface area contributed by atoms with Crippen LogP contribution in [0, 0.1) is 0 Å². The Balaban J connectivity index is 2.63. The Morgan fingerprint density at radius 1 is 1.32 bits per heavy atom. The quantitative estimate of drug-likeness (QED) is 0.849. The van der Waals surface area contributed by atoms with Gasteiger partial charge in [0.05, 0.1) is 16.3 Å². The summed E-state index contributed by atoms with van der Waals surface area (Å²) in [6.45, 7) is 0. The molecule has 2 aromatic rings. The first-order valence-electron chi connectivity index (χ1n) is 5.09. The van der Waals surface area contributed by atoms with Crippen LogP contribution in [0.15, 0.2) is 18.2 Å². The fourth-order valence-corrected chi connectivity index (χ4v) is 1.81. The lowest BCUT2D eigenvalue weighted by atomic mass is 10.1. The molecule has 0 saturated carbocycles. The number of aromatic hydroxyl groups is 1. The molecule has 0 amide bonds. The van der Waals surface area contributed by atoms with E-state index in [0.717, 1.165) is 6.07 Å². The maximum atomic E-state index is 12.7. The van der Waals surface area contributed by atoms with Crippen LogP contribution in [0.2, 0.25) is 5.02 Å². The van der Waals surface area contributed by atoms with Crippen LogP contribution in [-0.2, 0) is 13.2 Å². The molecule has 2 rings (SSSR count). The summed E-state index contributed by atoms with van der Waals surface area (Å²) in [5, 5.41) is 12.9. The minimum absolute atomic E-state index is 0.127. The number of hydrogen-bond acceptors (Lipinski definition) is 3. The molecule has 0 aliphatic rings. The summed E-state index contributed by atoms with van der Waals surface area (Å²) in [7, 11) is 1.56. The summed E-state index contributed by atoms with van der Waals surface area (Å²) >= 11 is 5.61. The van der Waals surface area contributed by atoms with Crippen molar-refractivity contribution < 1.29 is 18.3 Å². The minimum Gasteiger partial charge on any atom is -0.506 e. The second-order valence-electron chi connectivity index (χ2n) is 3.93. The van der Waals surface area contributed by atoms with E-state index in [1.54, 1.807) is 7.05 Å². The van der Waals surface area contributed by atoms with Gasteiger partial charge < -0.3 is 10.8 Å². The van der Waals surface area contributed by atoms with Crippen LogP contribution in [0.5, 0.6) is 5.75 Å². The molecule has 1 aromatic carbocycles. The van der Waals surface area contributed by atoms with Crippen molar-refractivity contribution in [3.05, 3.63) is 28.8 Å². The number of alkyl halides is 3. The number of nitrogens with zero attached hydrogens (tertiary/aromatic N) is 2. The smallest absolute Gasteiger partial charge is 0.420 e. The number of aryl methyl sites for hydroxylation is 1. The maximum absolute atomic E-state index is 12.7. The zero-order chi connectivity index (χ0) is 14.4. The molecule has 0 aliphatic heterocycles. The molecule has 4 nitrogen and oxygen atoms in total. The number of rotatable bonds is 1. The van der Waals surface area contributed by atoms with Gasteiger partial charge in [0.25, 0.3) is 0 Å². The Morgan fingerprint density at radius 2 is 1.95 bits per heavy atom. The van der Waals surface area contributed by atoms with E-state index >= 15 is 0 Å². The molecule has 0 unspecified atom stereocenters. The van der Waals surface area contributed by atoms with Crippen LogP contribution in [-0.4, -0.2) is 14.9 Å². The molecule has 0 atom stereocenters. The van der Waals surface area contributed by atoms with E-state index in [1.165, 1.54) is 16.8 Å². The number of phenols is 1. The van der Waals surface area contributed by atoms with Crippen LogP contribution in [0.4, 0.5) is 19.0 Å². The number of phenolic OH excluding ortho intramolecular Hbond substituents is 1. The normalized spacial score (nSPS) is 11.8. The number of hydrogen-bond donors (Lipinski definition) is 2. The van der Waals surface area contributed by atoms with Gasteiger partial charge in [0.1, 0.15) is 11.6 Å². The monoisotopic (exact) mass is 291 g/mol. The average molecular weight is 292 g/mol. The second kappa shape index (κ2) is 4.34. The molecule has 3 N–H and O–H groups in total. The predicted octanol–water partition coefficient (Wildman–Crippen LogP) is 3.05. The Morgan fingerprint density at radius 3 is 2.42 bits per heavy atom. The van der Waals surface area contributed by atoms with E-state index in [0.29, 0.717) is 5.82 Å². The third kappa shape index (κ3) is 2.46. The highest BCUT2D eigenvalue weighted by Gasteiger charge is 2.35. The summed E-state index contributed by atoms with van der Waals surface area (Å²) in [5.74, 6) is -0.699. The molecule has 0 bridgehead atoms. The van der Waals surface area contributed by atoms with Crippen molar-refractivity contribution in [1.82, 2.24) is 9.78 Å². The van der Waals surface area contributed by atoms with E-state index in [-0.39, 0.29) is 11.3 Å². The molecule has 1 aromatic heterocycles. The van der Waals surface area contributed by atoms with E-state index in [9.17, 15) is 18.3 Å². The lowest BCUT2D eigenvalue weighted by molar-refractivity contribution is -0.138. The lowest BCUT2D eigenvalue weighted by Gasteiger charge is -2.11. The van der Waals surface area contributed by atoms with Gasteiger partial charge in [0.15, 0.2) is 0 Å². The van der Waals surface area contributed by atoms with E-state index < -0.39 is 22.5 Å². The van der Waals surface area contributed by atoms with E-state index in [2.05, 4.69) is 5.10 Å². The molecule has 0 saturated heterocycles. The third-order valence-corrected chi connectivity index (χ3v) is 2.87. The van der Waals surface area contributed by atoms with Gasteiger partial charge in [-0.05, 0) is 12.1 Å². The zero-order valence-electron chi connectivity index (χ0n) is 9.66. The summed E-state index contributed by atoms with van der Waals surface area (Å²) in [4.78, 5) is 0. The van der Waals surface area contributed by atoms with Crippen molar-refractivity contribution in [3.63, 3.8) is 0 Å². The van der Waals surface area contributed by atoms with Crippen molar-refractivity contribution in [3.8, 4) is 17.0 Å². The Hall–Kier alpha value is -1.89. The Labute approximate surface area is 111 Å². The molecular weight excluding hydrogens is 283 g/mol. The van der Waals surface area contributed by atoms with Crippen LogP contribution in [0.3, 0.4) is 0 Å². The maximum Gasteiger partial charge on any atom is 0.420 e. The average Bonchev–Trinajstić information content (AvgIpc) is 2.61. The van der Waals surface area contributed by atoms with Crippen LogP contribution < -0.4 is 5.73 Å². The van der Waals surface area contributed by atoms with E-state index in [1.807, 2.05) is 0 Å². The predicted molar refractivity (Wildman–Crippen MR) is 64.7 cm³/mol. The fraction of sp³-hybridized carbons (Fsp3) is 0.182. The summed E-state index contributed by atoms with van der Waals surface area (Å²) < 4.78 is 39.5. The number of halogens is 4. The summed E-state index contributed by atoms with van der Waals surface area (Å²) in [6.07, 6.45) is -4.70. The minimum atomic E-state index is -4.70. The number of benzene rings is 1. The van der Waals surface area contributed by atoms with Crippen molar-refractivity contribution in [2.75, 3.05) is 5.73 Å². The molecule has 19 heavy (non-hydrogen) atoms. The first kappa shape index (κ1) is 13.5. The van der Waals surface area contributed by atoms with Gasteiger partial charge in [-0.15, -0.1) is 0 Å². The van der Waals surface area contributed by atoms with Crippen LogP contribution >= 0.6 is 11.6 Å². The van der Waals surface area contributed by atoms with Crippen molar-refractivity contribution in [2.24, 2.45) is 7.05 Å². The van der Waals surface area contributed by atoms with Gasteiger partial charge in [-0.2, -0.15) is 18.3 Å². The molecule has 1 heterocycles. The first-order valence-corrected chi connectivity index (χ1v) is 5.47. The molecule has 0 radical (unpaired) electrons. The van der Waals surface area contributed by atoms with Gasteiger partial charge in [-0.1, -0.05) is 11.6 Å². The van der Waals surface area contributed by atoms with Gasteiger partial charge in [-0.25, -0.2) is 0 Å². The topological polar surface area (TPSA) is 64.1 Å². The molecule has 0 spiro atoms. The van der Waals surface area contributed by atoms with E-state index in [4.69, 9.17) is 17.3 Å². The lowest BCUT2D eigenvalue weighted by Crippen LogP contribution is -2.06. The molecular formula is C11H9ClF3N3O. The highest BCUT2D eigenvalue weighted by molar-refractivity contribution is 6.32. The largest absolute Gasteiger partial charge is 0.506 e. The first-order chi connectivity index (χ1) is 8.70. The Kier molecular flexibility index (Phi) is 3.09. The van der Waals surface area contributed by atoms with Crippen molar-refractivity contribution in [1.29, 1.82) is 0 Å². The molecule has 8 heteroatoms. The van der Waals surface area contributed by atoms with Crippen LogP contribution in [0.25, 0.3) is 11.3 Å². The van der Waals surface area contributed by atoms with Crippen molar-refractivity contribution >= 4 is 17.4 Å².